The van der Waals surface area contributed by atoms with Crippen LogP contribution in [0.5, 0.6) is 0 Å². The molecule has 1 unspecified atom stereocenters. The molecule has 3 aromatic rings. The molecule has 30 heavy (non-hydrogen) atoms. The fourth-order valence-electron chi connectivity index (χ4n) is 3.81. The van der Waals surface area contributed by atoms with Crippen molar-refractivity contribution in [3.63, 3.8) is 0 Å². The first-order valence-corrected chi connectivity index (χ1v) is 10.1. The molecule has 1 aliphatic rings. The van der Waals surface area contributed by atoms with Gasteiger partial charge in [0, 0.05) is 69.2 Å². The molecular weight excluding hydrogens is 378 g/mol. The maximum absolute atomic E-state index is 12.1. The number of carbonyl (C=O) groups excluding carboxylic acids is 1. The summed E-state index contributed by atoms with van der Waals surface area (Å²) in [5.74, 6) is 0.651. The molecule has 2 aromatic heterocycles. The summed E-state index contributed by atoms with van der Waals surface area (Å²) in [5.41, 5.74) is 3.26. The summed E-state index contributed by atoms with van der Waals surface area (Å²) < 4.78 is 0. The molecule has 0 bridgehead atoms. The number of amides is 1. The molecule has 7 nitrogen and oxygen atoms in total. The fraction of sp³-hybridized carbons (Fsp3) is 0.304. The third-order valence-corrected chi connectivity index (χ3v) is 5.62. The van der Waals surface area contributed by atoms with E-state index in [0.29, 0.717) is 11.5 Å². The van der Waals surface area contributed by atoms with E-state index < -0.39 is 0 Å². The van der Waals surface area contributed by atoms with Gasteiger partial charge >= 0.3 is 0 Å². The van der Waals surface area contributed by atoms with Crippen molar-refractivity contribution in [3.8, 4) is 22.6 Å². The first kappa shape index (κ1) is 20.0. The van der Waals surface area contributed by atoms with Crippen LogP contribution in [0.3, 0.4) is 0 Å². The van der Waals surface area contributed by atoms with Crippen LogP contribution in [0.1, 0.15) is 18.9 Å². The Hall–Kier alpha value is -3.32. The van der Waals surface area contributed by atoms with E-state index >= 15 is 0 Å². The van der Waals surface area contributed by atoms with Gasteiger partial charge in [-0.15, -0.1) is 0 Å². The lowest BCUT2D eigenvalue weighted by Crippen LogP contribution is -2.37. The zero-order valence-corrected chi connectivity index (χ0v) is 17.2. The van der Waals surface area contributed by atoms with E-state index in [0.717, 1.165) is 37.2 Å². The van der Waals surface area contributed by atoms with Crippen LogP contribution in [0.15, 0.2) is 59.7 Å². The van der Waals surface area contributed by atoms with E-state index in [1.54, 1.807) is 19.3 Å². The molecule has 0 aliphatic carbocycles. The average molecular weight is 403 g/mol. The minimum Gasteiger partial charge on any atom is -0.342 e. The second-order valence-corrected chi connectivity index (χ2v) is 7.73. The Morgan fingerprint density at radius 3 is 2.73 bits per heavy atom. The Labute approximate surface area is 175 Å². The van der Waals surface area contributed by atoms with E-state index in [4.69, 9.17) is 0 Å². The van der Waals surface area contributed by atoms with Crippen LogP contribution in [0, 0.1) is 0 Å². The average Bonchev–Trinajstić information content (AvgIpc) is 3.22. The highest BCUT2D eigenvalue weighted by atomic mass is 16.2. The summed E-state index contributed by atoms with van der Waals surface area (Å²) in [5, 5.41) is 0. The number of pyridine rings is 1. The zero-order chi connectivity index (χ0) is 21.1. The number of nitrogens with zero attached hydrogens (tertiary/aromatic N) is 4. The number of likely N-dealkylation sites (tertiary alicyclic amines) is 1. The quantitative estimate of drug-likeness (QED) is 0.708. The maximum atomic E-state index is 12.1. The van der Waals surface area contributed by atoms with E-state index in [1.807, 2.05) is 36.2 Å². The van der Waals surface area contributed by atoms with Gasteiger partial charge in [-0.2, -0.15) is 0 Å². The van der Waals surface area contributed by atoms with Crippen molar-refractivity contribution in [2.45, 2.75) is 25.9 Å². The predicted octanol–water partition coefficient (Wildman–Crippen LogP) is 2.55. The van der Waals surface area contributed by atoms with E-state index in [2.05, 4.69) is 32.0 Å². The number of benzene rings is 1. The molecule has 1 amide bonds. The molecule has 3 heterocycles. The lowest BCUT2D eigenvalue weighted by atomic mass is 10.1. The third kappa shape index (κ3) is 4.46. The van der Waals surface area contributed by atoms with Gasteiger partial charge in [0.2, 0.25) is 5.91 Å². The summed E-state index contributed by atoms with van der Waals surface area (Å²) >= 11 is 0. The van der Waals surface area contributed by atoms with Gasteiger partial charge in [0.15, 0.2) is 0 Å². The smallest absolute Gasteiger partial charge is 0.251 e. The van der Waals surface area contributed by atoms with Crippen LogP contribution < -0.4 is 5.56 Å². The largest absolute Gasteiger partial charge is 0.342 e. The molecule has 1 fully saturated rings. The second kappa shape index (κ2) is 8.59. The fourth-order valence-corrected chi connectivity index (χ4v) is 3.81. The van der Waals surface area contributed by atoms with Gasteiger partial charge in [-0.1, -0.05) is 24.3 Å². The molecule has 4 rings (SSSR count). The molecule has 1 N–H and O–H groups in total. The Kier molecular flexibility index (Phi) is 5.72. The van der Waals surface area contributed by atoms with E-state index in [9.17, 15) is 9.59 Å². The second-order valence-electron chi connectivity index (χ2n) is 7.73. The monoisotopic (exact) mass is 403 g/mol. The van der Waals surface area contributed by atoms with Crippen LogP contribution in [-0.2, 0) is 11.3 Å². The Morgan fingerprint density at radius 2 is 2.03 bits per heavy atom. The van der Waals surface area contributed by atoms with Crippen molar-refractivity contribution < 1.29 is 4.79 Å². The van der Waals surface area contributed by atoms with Gasteiger partial charge in [0.25, 0.3) is 5.56 Å². The highest BCUT2D eigenvalue weighted by Crippen LogP contribution is 2.21. The Morgan fingerprint density at radius 1 is 1.23 bits per heavy atom. The number of aromatic amines is 1. The maximum Gasteiger partial charge on any atom is 0.251 e. The van der Waals surface area contributed by atoms with E-state index in [1.165, 1.54) is 11.6 Å². The van der Waals surface area contributed by atoms with Crippen LogP contribution in [0.4, 0.5) is 0 Å². The lowest BCUT2D eigenvalue weighted by Gasteiger charge is -2.23. The van der Waals surface area contributed by atoms with Crippen molar-refractivity contribution in [1.29, 1.82) is 0 Å². The number of H-pyrrole nitrogens is 1. The molecule has 0 saturated carbocycles. The standard InChI is InChI=1S/C23H25N5O2/c1-16(29)27(2)20-9-11-28(15-20)14-17-5-7-18(8-6-17)23-25-21(12-22(30)26-23)19-4-3-10-24-13-19/h3-8,10,12-13,20H,9,11,14-15H2,1-2H3,(H,25,26,30). The first-order chi connectivity index (χ1) is 14.5. The molecule has 7 heteroatoms. The molecule has 0 spiro atoms. The van der Waals surface area contributed by atoms with Crippen LogP contribution in [0.25, 0.3) is 22.6 Å². The number of aromatic nitrogens is 3. The van der Waals surface area contributed by atoms with Gasteiger partial charge < -0.3 is 9.88 Å². The van der Waals surface area contributed by atoms with Crippen molar-refractivity contribution >= 4 is 5.91 Å². The van der Waals surface area contributed by atoms with Crippen molar-refractivity contribution in [2.24, 2.45) is 0 Å². The van der Waals surface area contributed by atoms with Crippen molar-refractivity contribution in [1.82, 2.24) is 24.8 Å². The normalized spacial score (nSPS) is 16.5. The topological polar surface area (TPSA) is 82.2 Å². The van der Waals surface area contributed by atoms with Gasteiger partial charge in [-0.3, -0.25) is 19.5 Å². The third-order valence-electron chi connectivity index (χ3n) is 5.62. The molecule has 1 aliphatic heterocycles. The molecule has 1 saturated heterocycles. The highest BCUT2D eigenvalue weighted by molar-refractivity contribution is 5.73. The summed E-state index contributed by atoms with van der Waals surface area (Å²) in [7, 11) is 1.87. The number of likely N-dealkylation sites (N-methyl/N-ethyl adjacent to an activating group) is 1. The predicted molar refractivity (Wildman–Crippen MR) is 116 cm³/mol. The number of hydrogen-bond donors (Lipinski definition) is 1. The SMILES string of the molecule is CC(=O)N(C)C1CCN(Cc2ccc(-c3nc(-c4cccnc4)cc(=O)[nH]3)cc2)C1. The number of hydrogen-bond acceptors (Lipinski definition) is 5. The van der Waals surface area contributed by atoms with Gasteiger partial charge in [-0.05, 0) is 24.1 Å². The molecule has 1 atom stereocenters. The van der Waals surface area contributed by atoms with Gasteiger partial charge in [-0.25, -0.2) is 4.98 Å². The molecule has 1 aromatic carbocycles. The van der Waals surface area contributed by atoms with Crippen molar-refractivity contribution in [2.75, 3.05) is 20.1 Å². The van der Waals surface area contributed by atoms with Crippen LogP contribution >= 0.6 is 0 Å². The zero-order valence-electron chi connectivity index (χ0n) is 17.2. The number of rotatable bonds is 5. The summed E-state index contributed by atoms with van der Waals surface area (Å²) in [4.78, 5) is 39.4. The number of nitrogens with one attached hydrogen (secondary N) is 1. The van der Waals surface area contributed by atoms with Gasteiger partial charge in [0.1, 0.15) is 5.82 Å². The van der Waals surface area contributed by atoms with E-state index in [-0.39, 0.29) is 17.5 Å². The Balaban J connectivity index is 1.47. The number of carbonyl (C=O) groups is 1. The Bertz CT molecular complexity index is 1080. The summed E-state index contributed by atoms with van der Waals surface area (Å²) in [6.45, 7) is 4.32. The molecule has 0 radical (unpaired) electrons. The molecular formula is C23H25N5O2. The first-order valence-electron chi connectivity index (χ1n) is 10.1. The van der Waals surface area contributed by atoms with Gasteiger partial charge in [0.05, 0.1) is 5.69 Å². The van der Waals surface area contributed by atoms with Crippen molar-refractivity contribution in [3.05, 3.63) is 70.8 Å². The summed E-state index contributed by atoms with van der Waals surface area (Å²) in [6, 6.07) is 13.6. The minimum absolute atomic E-state index is 0.112. The minimum atomic E-state index is -0.194. The van der Waals surface area contributed by atoms with Crippen LogP contribution in [0.2, 0.25) is 0 Å². The van der Waals surface area contributed by atoms with Crippen LogP contribution in [-0.4, -0.2) is 56.8 Å². The molecule has 154 valence electrons. The lowest BCUT2D eigenvalue weighted by molar-refractivity contribution is -0.129. The summed E-state index contributed by atoms with van der Waals surface area (Å²) in [6.07, 6.45) is 4.39. The highest BCUT2D eigenvalue weighted by Gasteiger charge is 2.26.